The van der Waals surface area contributed by atoms with Gasteiger partial charge in [0.05, 0.1) is 19.8 Å². The number of likely N-dealkylation sites (N-methyl/N-ethyl adjacent to an activating group) is 1. The molecule has 0 radical (unpaired) electrons. The van der Waals surface area contributed by atoms with Crippen molar-refractivity contribution in [2.75, 3.05) is 31.2 Å². The SMILES string of the molecule is CCNC(=O)C1COCCN1c1cc(F)cc(CO)c1. The van der Waals surface area contributed by atoms with Gasteiger partial charge in [-0.1, -0.05) is 0 Å². The van der Waals surface area contributed by atoms with E-state index in [0.717, 1.165) is 0 Å². The molecule has 0 bridgehead atoms. The number of hydrogen-bond acceptors (Lipinski definition) is 4. The maximum absolute atomic E-state index is 13.6. The van der Waals surface area contributed by atoms with Crippen molar-refractivity contribution in [2.24, 2.45) is 0 Å². The highest BCUT2D eigenvalue weighted by atomic mass is 19.1. The van der Waals surface area contributed by atoms with Gasteiger partial charge in [0.2, 0.25) is 5.91 Å². The highest BCUT2D eigenvalue weighted by molar-refractivity contribution is 5.85. The van der Waals surface area contributed by atoms with Crippen molar-refractivity contribution in [2.45, 2.75) is 19.6 Å². The molecule has 110 valence electrons. The Morgan fingerprint density at radius 3 is 3.05 bits per heavy atom. The average molecular weight is 282 g/mol. The second-order valence-corrected chi connectivity index (χ2v) is 4.65. The van der Waals surface area contributed by atoms with Gasteiger partial charge < -0.3 is 20.1 Å². The Balaban J connectivity index is 2.27. The van der Waals surface area contributed by atoms with E-state index >= 15 is 0 Å². The maximum atomic E-state index is 13.6. The van der Waals surface area contributed by atoms with E-state index in [9.17, 15) is 9.18 Å². The number of amides is 1. The third-order valence-electron chi connectivity index (χ3n) is 3.24. The number of ether oxygens (including phenoxy) is 1. The van der Waals surface area contributed by atoms with Gasteiger partial charge in [-0.2, -0.15) is 0 Å². The van der Waals surface area contributed by atoms with Crippen molar-refractivity contribution in [1.29, 1.82) is 0 Å². The minimum Gasteiger partial charge on any atom is -0.392 e. The number of anilines is 1. The number of hydrogen-bond donors (Lipinski definition) is 2. The zero-order valence-electron chi connectivity index (χ0n) is 11.4. The van der Waals surface area contributed by atoms with Crippen LogP contribution in [0.2, 0.25) is 0 Å². The summed E-state index contributed by atoms with van der Waals surface area (Å²) in [5.41, 5.74) is 1.08. The number of carbonyl (C=O) groups is 1. The standard InChI is InChI=1S/C14H19FN2O3/c1-2-16-14(19)13-9-20-4-3-17(13)12-6-10(8-18)5-11(15)7-12/h5-7,13,18H,2-4,8-9H2,1H3,(H,16,19). The van der Waals surface area contributed by atoms with Crippen LogP contribution in [0.15, 0.2) is 18.2 Å². The molecule has 2 N–H and O–H groups in total. The van der Waals surface area contributed by atoms with E-state index < -0.39 is 11.9 Å². The van der Waals surface area contributed by atoms with Gasteiger partial charge in [-0.25, -0.2) is 4.39 Å². The van der Waals surface area contributed by atoms with Gasteiger partial charge in [-0.05, 0) is 30.7 Å². The molecule has 2 rings (SSSR count). The molecule has 1 aromatic rings. The van der Waals surface area contributed by atoms with E-state index in [4.69, 9.17) is 9.84 Å². The van der Waals surface area contributed by atoms with Gasteiger partial charge >= 0.3 is 0 Å². The number of morpholine rings is 1. The lowest BCUT2D eigenvalue weighted by atomic mass is 10.1. The molecule has 0 aromatic heterocycles. The van der Waals surface area contributed by atoms with Gasteiger partial charge in [0.1, 0.15) is 11.9 Å². The summed E-state index contributed by atoms with van der Waals surface area (Å²) < 4.78 is 18.9. The van der Waals surface area contributed by atoms with E-state index in [1.807, 2.05) is 11.8 Å². The first kappa shape index (κ1) is 14.7. The van der Waals surface area contributed by atoms with Crippen molar-refractivity contribution in [1.82, 2.24) is 5.32 Å². The Kier molecular flexibility index (Phi) is 4.92. The summed E-state index contributed by atoms with van der Waals surface area (Å²) in [6.07, 6.45) is 0. The van der Waals surface area contributed by atoms with Crippen molar-refractivity contribution in [3.63, 3.8) is 0 Å². The van der Waals surface area contributed by atoms with Crippen LogP contribution in [-0.4, -0.2) is 43.4 Å². The quantitative estimate of drug-likeness (QED) is 0.851. The molecular weight excluding hydrogens is 263 g/mol. The molecule has 1 unspecified atom stereocenters. The Morgan fingerprint density at radius 2 is 2.35 bits per heavy atom. The zero-order chi connectivity index (χ0) is 14.5. The van der Waals surface area contributed by atoms with Gasteiger partial charge in [0.15, 0.2) is 0 Å². The molecule has 1 aromatic carbocycles. The van der Waals surface area contributed by atoms with Gasteiger partial charge in [-0.3, -0.25) is 4.79 Å². The number of nitrogens with zero attached hydrogens (tertiary/aromatic N) is 1. The summed E-state index contributed by atoms with van der Waals surface area (Å²) in [6, 6.07) is 3.87. The van der Waals surface area contributed by atoms with E-state index in [1.165, 1.54) is 12.1 Å². The smallest absolute Gasteiger partial charge is 0.245 e. The lowest BCUT2D eigenvalue weighted by Crippen LogP contribution is -2.54. The maximum Gasteiger partial charge on any atom is 0.245 e. The Labute approximate surface area is 117 Å². The Bertz CT molecular complexity index is 481. The molecule has 0 aliphatic carbocycles. The summed E-state index contributed by atoms with van der Waals surface area (Å²) in [5, 5.41) is 11.9. The van der Waals surface area contributed by atoms with Crippen LogP contribution in [0.25, 0.3) is 0 Å². The van der Waals surface area contributed by atoms with Gasteiger partial charge in [-0.15, -0.1) is 0 Å². The molecule has 6 heteroatoms. The highest BCUT2D eigenvalue weighted by Crippen LogP contribution is 2.23. The average Bonchev–Trinajstić information content (AvgIpc) is 2.46. The second kappa shape index (κ2) is 6.67. The molecular formula is C14H19FN2O3. The van der Waals surface area contributed by atoms with E-state index in [-0.39, 0.29) is 19.1 Å². The van der Waals surface area contributed by atoms with Crippen LogP contribution < -0.4 is 10.2 Å². The summed E-state index contributed by atoms with van der Waals surface area (Å²) >= 11 is 0. The topological polar surface area (TPSA) is 61.8 Å². The number of halogens is 1. The monoisotopic (exact) mass is 282 g/mol. The first-order valence-electron chi connectivity index (χ1n) is 6.68. The highest BCUT2D eigenvalue weighted by Gasteiger charge is 2.29. The van der Waals surface area contributed by atoms with Crippen molar-refractivity contribution >= 4 is 11.6 Å². The summed E-state index contributed by atoms with van der Waals surface area (Å²) in [6.45, 7) is 3.42. The minimum absolute atomic E-state index is 0.137. The first-order valence-corrected chi connectivity index (χ1v) is 6.68. The number of carbonyl (C=O) groups excluding carboxylic acids is 1. The number of aliphatic hydroxyl groups excluding tert-OH is 1. The molecule has 1 aliphatic rings. The predicted octanol–water partition coefficient (Wildman–Crippen LogP) is 0.659. The normalized spacial score (nSPS) is 18.9. The molecule has 1 saturated heterocycles. The van der Waals surface area contributed by atoms with Crippen LogP contribution in [-0.2, 0) is 16.1 Å². The molecule has 20 heavy (non-hydrogen) atoms. The predicted molar refractivity (Wildman–Crippen MR) is 73.0 cm³/mol. The fraction of sp³-hybridized carbons (Fsp3) is 0.500. The van der Waals surface area contributed by atoms with Crippen molar-refractivity contribution < 1.29 is 19.0 Å². The molecule has 0 spiro atoms. The van der Waals surface area contributed by atoms with Crippen LogP contribution in [0.4, 0.5) is 10.1 Å². The lowest BCUT2D eigenvalue weighted by molar-refractivity contribution is -0.124. The third-order valence-corrected chi connectivity index (χ3v) is 3.24. The van der Waals surface area contributed by atoms with Crippen LogP contribution in [0.5, 0.6) is 0 Å². The third kappa shape index (κ3) is 3.26. The molecule has 5 nitrogen and oxygen atoms in total. The summed E-state index contributed by atoms with van der Waals surface area (Å²) in [7, 11) is 0. The van der Waals surface area contributed by atoms with Crippen molar-refractivity contribution in [3.8, 4) is 0 Å². The van der Waals surface area contributed by atoms with Crippen LogP contribution in [0.3, 0.4) is 0 Å². The summed E-state index contributed by atoms with van der Waals surface area (Å²) in [4.78, 5) is 13.9. The fourth-order valence-corrected chi connectivity index (χ4v) is 2.31. The first-order chi connectivity index (χ1) is 9.65. The van der Waals surface area contributed by atoms with Gasteiger partial charge in [0.25, 0.3) is 0 Å². The summed E-state index contributed by atoms with van der Waals surface area (Å²) in [5.74, 6) is -0.560. The van der Waals surface area contributed by atoms with Crippen LogP contribution in [0.1, 0.15) is 12.5 Å². The van der Waals surface area contributed by atoms with Gasteiger partial charge in [0, 0.05) is 18.8 Å². The Morgan fingerprint density at radius 1 is 1.55 bits per heavy atom. The molecule has 1 fully saturated rings. The number of benzene rings is 1. The van der Waals surface area contributed by atoms with E-state index in [0.29, 0.717) is 30.9 Å². The number of nitrogens with one attached hydrogen (secondary N) is 1. The number of aliphatic hydroxyl groups is 1. The minimum atomic E-state index is -0.475. The second-order valence-electron chi connectivity index (χ2n) is 4.65. The van der Waals surface area contributed by atoms with E-state index in [2.05, 4.69) is 5.32 Å². The number of rotatable bonds is 4. The molecule has 1 heterocycles. The Hall–Kier alpha value is -1.66. The largest absolute Gasteiger partial charge is 0.392 e. The lowest BCUT2D eigenvalue weighted by Gasteiger charge is -2.36. The molecule has 1 atom stereocenters. The van der Waals surface area contributed by atoms with Crippen LogP contribution >= 0.6 is 0 Å². The van der Waals surface area contributed by atoms with Crippen LogP contribution in [0, 0.1) is 5.82 Å². The zero-order valence-corrected chi connectivity index (χ0v) is 11.4. The fourth-order valence-electron chi connectivity index (χ4n) is 2.31. The van der Waals surface area contributed by atoms with Crippen molar-refractivity contribution in [3.05, 3.63) is 29.6 Å². The molecule has 1 aliphatic heterocycles. The molecule has 1 amide bonds. The molecule has 0 saturated carbocycles. The van der Waals surface area contributed by atoms with E-state index in [1.54, 1.807) is 6.07 Å².